The Balaban J connectivity index is 1.68. The number of carbonyl (C=O) groups excluding carboxylic acids is 2. The molecule has 2 saturated heterocycles. The van der Waals surface area contributed by atoms with E-state index in [1.807, 2.05) is 13.8 Å². The lowest BCUT2D eigenvalue weighted by Gasteiger charge is -2.37. The van der Waals surface area contributed by atoms with Crippen molar-refractivity contribution < 1.29 is 35.7 Å². The van der Waals surface area contributed by atoms with Crippen molar-refractivity contribution in [2.45, 2.75) is 31.3 Å². The van der Waals surface area contributed by atoms with Crippen LogP contribution in [-0.4, -0.2) is 69.9 Å². The van der Waals surface area contributed by atoms with Crippen molar-refractivity contribution in [1.82, 2.24) is 0 Å². The van der Waals surface area contributed by atoms with Crippen LogP contribution in [0.3, 0.4) is 0 Å². The smallest absolute Gasteiger partial charge is 0.286 e. The number of morpholine rings is 1. The largest absolute Gasteiger partial charge is 0.459 e. The molecule has 0 spiro atoms. The van der Waals surface area contributed by atoms with Gasteiger partial charge in [0.15, 0.2) is 17.7 Å². The summed E-state index contributed by atoms with van der Waals surface area (Å²) in [6.45, 7) is 4.60. The Bertz CT molecular complexity index is 1160. The minimum Gasteiger partial charge on any atom is -0.459 e. The lowest BCUT2D eigenvalue weighted by atomic mass is 10.1. The summed E-state index contributed by atoms with van der Waals surface area (Å²) in [5.74, 6) is -0.673. The van der Waals surface area contributed by atoms with Gasteiger partial charge in [0.1, 0.15) is 6.26 Å². The van der Waals surface area contributed by atoms with Gasteiger partial charge < -0.3 is 14.1 Å². The zero-order valence-corrected chi connectivity index (χ0v) is 19.4. The Morgan fingerprint density at radius 2 is 1.97 bits per heavy atom. The van der Waals surface area contributed by atoms with Crippen molar-refractivity contribution in [3.63, 3.8) is 0 Å². The molecular formula is C20H23FN2O7S2. The maximum atomic E-state index is 15.6. The van der Waals surface area contributed by atoms with E-state index in [0.29, 0.717) is 30.4 Å². The molecule has 9 nitrogen and oxygen atoms in total. The Hall–Kier alpha value is -2.15. The van der Waals surface area contributed by atoms with E-state index in [9.17, 15) is 18.0 Å². The second kappa shape index (κ2) is 8.65. The molecule has 1 aromatic heterocycles. The fraction of sp³-hybridized carbons (Fsp3) is 0.500. The van der Waals surface area contributed by atoms with Crippen molar-refractivity contribution in [3.8, 4) is 0 Å². The lowest BCUT2D eigenvalue weighted by Crippen LogP contribution is -2.46. The standard InChI is InChI=1S/C20H23FN2O7S2/c1-11-5-22(6-12(2)30-11)18-13(8-24)4-15-16(10-28-19(15)17(18)21)23-7-14(31-20(23)25)9-29-32(3,26)27/h4,8,10-12,14H,5-7,9H2,1-3H3/t11-,12-,14-/m1/s1. The molecule has 0 saturated carbocycles. The molecule has 1 amide bonds. The number of anilines is 2. The van der Waals surface area contributed by atoms with Gasteiger partial charge in [-0.1, -0.05) is 11.8 Å². The number of aldehydes is 1. The van der Waals surface area contributed by atoms with Crippen LogP contribution >= 0.6 is 11.8 Å². The molecule has 2 aliphatic heterocycles. The zero-order valence-electron chi connectivity index (χ0n) is 17.7. The number of rotatable bonds is 6. The van der Waals surface area contributed by atoms with Crippen LogP contribution < -0.4 is 9.80 Å². The first-order valence-electron chi connectivity index (χ1n) is 9.99. The minimum atomic E-state index is -3.64. The highest BCUT2D eigenvalue weighted by Crippen LogP contribution is 2.41. The molecule has 0 radical (unpaired) electrons. The number of amides is 1. The van der Waals surface area contributed by atoms with Gasteiger partial charge in [0.05, 0.1) is 41.7 Å². The highest BCUT2D eigenvalue weighted by atomic mass is 32.2. The molecule has 0 N–H and O–H groups in total. The van der Waals surface area contributed by atoms with Gasteiger partial charge in [-0.05, 0) is 19.9 Å². The van der Waals surface area contributed by atoms with Crippen LogP contribution in [0.15, 0.2) is 16.7 Å². The van der Waals surface area contributed by atoms with E-state index in [1.54, 1.807) is 4.90 Å². The number of benzene rings is 1. The molecular weight excluding hydrogens is 463 g/mol. The Labute approximate surface area is 188 Å². The van der Waals surface area contributed by atoms with Crippen LogP contribution in [0.4, 0.5) is 20.6 Å². The zero-order chi connectivity index (χ0) is 23.2. The maximum Gasteiger partial charge on any atom is 0.286 e. The van der Waals surface area contributed by atoms with Gasteiger partial charge in [-0.3, -0.25) is 18.7 Å². The number of halogens is 1. The van der Waals surface area contributed by atoms with Crippen LogP contribution in [0, 0.1) is 5.82 Å². The first kappa shape index (κ1) is 23.0. The first-order chi connectivity index (χ1) is 15.1. The fourth-order valence-corrected chi connectivity index (χ4v) is 5.55. The Morgan fingerprint density at radius 3 is 2.59 bits per heavy atom. The second-order valence-electron chi connectivity index (χ2n) is 8.01. The van der Waals surface area contributed by atoms with Gasteiger partial charge in [-0.2, -0.15) is 8.42 Å². The Kier molecular flexibility index (Phi) is 6.23. The summed E-state index contributed by atoms with van der Waals surface area (Å²) in [5.41, 5.74) is 0.560. The van der Waals surface area contributed by atoms with Gasteiger partial charge in [-0.15, -0.1) is 0 Å². The van der Waals surface area contributed by atoms with Gasteiger partial charge in [-0.25, -0.2) is 4.39 Å². The quantitative estimate of drug-likeness (QED) is 0.450. The van der Waals surface area contributed by atoms with Crippen molar-refractivity contribution >= 4 is 55.7 Å². The number of thioether (sulfide) groups is 1. The summed E-state index contributed by atoms with van der Waals surface area (Å²) in [6.07, 6.45) is 2.53. The lowest BCUT2D eigenvalue weighted by molar-refractivity contribution is -0.00543. The minimum absolute atomic E-state index is 0.0546. The maximum absolute atomic E-state index is 15.6. The van der Waals surface area contributed by atoms with Gasteiger partial charge >= 0.3 is 0 Å². The molecule has 0 bridgehead atoms. The monoisotopic (exact) mass is 486 g/mol. The van der Waals surface area contributed by atoms with E-state index in [-0.39, 0.29) is 47.4 Å². The molecule has 3 atom stereocenters. The van der Waals surface area contributed by atoms with E-state index in [1.165, 1.54) is 17.2 Å². The van der Waals surface area contributed by atoms with E-state index in [2.05, 4.69) is 0 Å². The van der Waals surface area contributed by atoms with Crippen LogP contribution in [-0.2, 0) is 19.0 Å². The molecule has 1 aromatic carbocycles. The van der Waals surface area contributed by atoms with E-state index in [0.717, 1.165) is 18.0 Å². The molecule has 12 heteroatoms. The highest BCUT2D eigenvalue weighted by molar-refractivity contribution is 8.14. The van der Waals surface area contributed by atoms with Crippen LogP contribution in [0.1, 0.15) is 24.2 Å². The van der Waals surface area contributed by atoms with Gasteiger partial charge in [0.2, 0.25) is 0 Å². The molecule has 0 aliphatic carbocycles. The molecule has 4 rings (SSSR count). The molecule has 2 aliphatic rings. The van der Waals surface area contributed by atoms with E-state index < -0.39 is 21.2 Å². The van der Waals surface area contributed by atoms with E-state index >= 15 is 4.39 Å². The van der Waals surface area contributed by atoms with Crippen molar-refractivity contribution in [1.29, 1.82) is 0 Å². The summed E-state index contributed by atoms with van der Waals surface area (Å²) in [4.78, 5) is 27.5. The summed E-state index contributed by atoms with van der Waals surface area (Å²) < 4.78 is 54.0. The van der Waals surface area contributed by atoms with Crippen molar-refractivity contribution in [2.75, 3.05) is 42.3 Å². The SMILES string of the molecule is C[C@@H]1CN(c2c(C=O)cc3c(N4C[C@H](COS(C)(=O)=O)SC4=O)coc3c2F)C[C@@H](C)O1. The fourth-order valence-electron chi connectivity index (χ4n) is 4.11. The summed E-state index contributed by atoms with van der Waals surface area (Å²) in [7, 11) is -3.64. The average Bonchev–Trinajstić information content (AvgIpc) is 3.28. The second-order valence-corrected chi connectivity index (χ2v) is 10.9. The number of carbonyl (C=O) groups is 2. The van der Waals surface area contributed by atoms with Crippen molar-refractivity contribution in [3.05, 3.63) is 23.7 Å². The number of fused-ring (bicyclic) bond motifs is 1. The number of furan rings is 1. The molecule has 3 heterocycles. The Morgan fingerprint density at radius 1 is 1.28 bits per heavy atom. The summed E-state index contributed by atoms with van der Waals surface area (Å²) in [5, 5.41) is -0.475. The van der Waals surface area contributed by atoms with Crippen LogP contribution in [0.2, 0.25) is 0 Å². The third-order valence-corrected chi connectivity index (χ3v) is 6.89. The molecule has 2 fully saturated rings. The molecule has 32 heavy (non-hydrogen) atoms. The molecule has 0 unspecified atom stereocenters. The number of hydrogen-bond acceptors (Lipinski definition) is 9. The van der Waals surface area contributed by atoms with Gasteiger partial charge in [0, 0.05) is 30.6 Å². The van der Waals surface area contributed by atoms with Gasteiger partial charge in [0.25, 0.3) is 15.4 Å². The normalized spacial score (nSPS) is 24.5. The van der Waals surface area contributed by atoms with Crippen molar-refractivity contribution in [2.24, 2.45) is 0 Å². The summed E-state index contributed by atoms with van der Waals surface area (Å²) >= 11 is 0.932. The summed E-state index contributed by atoms with van der Waals surface area (Å²) in [6, 6.07) is 1.52. The number of ether oxygens (including phenoxy) is 1. The molecule has 2 aromatic rings. The average molecular weight is 487 g/mol. The van der Waals surface area contributed by atoms with Crippen LogP contribution in [0.25, 0.3) is 11.0 Å². The topological polar surface area (TPSA) is 106 Å². The third kappa shape index (κ3) is 4.49. The molecule has 174 valence electrons. The van der Waals surface area contributed by atoms with E-state index in [4.69, 9.17) is 13.3 Å². The number of hydrogen-bond donors (Lipinski definition) is 0. The first-order valence-corrected chi connectivity index (χ1v) is 12.7. The highest BCUT2D eigenvalue weighted by Gasteiger charge is 2.36. The number of nitrogens with zero attached hydrogens (tertiary/aromatic N) is 2. The van der Waals surface area contributed by atoms with Crippen LogP contribution in [0.5, 0.6) is 0 Å². The third-order valence-electron chi connectivity index (χ3n) is 5.29. The predicted octanol–water partition coefficient (Wildman–Crippen LogP) is 3.02. The predicted molar refractivity (Wildman–Crippen MR) is 119 cm³/mol.